The summed E-state index contributed by atoms with van der Waals surface area (Å²) in [6, 6.07) is 9.49. The van der Waals surface area contributed by atoms with E-state index in [1.807, 2.05) is 30.3 Å². The van der Waals surface area contributed by atoms with E-state index in [1.165, 1.54) is 0 Å². The highest BCUT2D eigenvalue weighted by molar-refractivity contribution is 5.20. The van der Waals surface area contributed by atoms with Crippen molar-refractivity contribution in [3.05, 3.63) is 30.3 Å². The number of hydrogen-bond donors (Lipinski definition) is 6. The van der Waals surface area contributed by atoms with Gasteiger partial charge in [-0.25, -0.2) is 0 Å². The smallest absolute Gasteiger partial charge is 0.160 e. The standard InChI is InChI=1S/C14H20O5.C6H12O5/c15-10-13-8-11(16)9-14(19-13)18-7-6-17-12-4-2-1-3-5-12;7-2-4-6(10)3(8)1-5(9)11-4/h1-5,11,13-16H,6-10H2;3-10H,1-2H2/t11-,13-,14+;3-,4-,5-,6-/m01/s1. The van der Waals surface area contributed by atoms with E-state index < -0.39 is 43.6 Å². The quantitative estimate of drug-likeness (QED) is 0.288. The number of benzene rings is 1. The first-order chi connectivity index (χ1) is 14.4. The molecule has 10 nitrogen and oxygen atoms in total. The molecule has 172 valence electrons. The summed E-state index contributed by atoms with van der Waals surface area (Å²) in [5, 5.41) is 54.3. The normalized spacial score (nSPS) is 34.0. The third kappa shape index (κ3) is 8.42. The molecule has 0 radical (unpaired) electrons. The molecule has 2 aliphatic rings. The Hall–Kier alpha value is -1.34. The van der Waals surface area contributed by atoms with Crippen molar-refractivity contribution in [2.24, 2.45) is 0 Å². The van der Waals surface area contributed by atoms with Crippen LogP contribution in [0.3, 0.4) is 0 Å². The molecule has 0 spiro atoms. The Morgan fingerprint density at radius 1 is 0.867 bits per heavy atom. The highest BCUT2D eigenvalue weighted by Crippen LogP contribution is 2.20. The molecule has 3 rings (SSSR count). The third-order valence-corrected chi connectivity index (χ3v) is 4.68. The van der Waals surface area contributed by atoms with Crippen LogP contribution in [0.5, 0.6) is 5.75 Å². The van der Waals surface area contributed by atoms with E-state index in [-0.39, 0.29) is 19.1 Å². The van der Waals surface area contributed by atoms with E-state index in [1.54, 1.807) is 0 Å². The maximum atomic E-state index is 9.61. The summed E-state index contributed by atoms with van der Waals surface area (Å²) in [4.78, 5) is 0. The monoisotopic (exact) mass is 432 g/mol. The average Bonchev–Trinajstić information content (AvgIpc) is 2.74. The molecule has 0 saturated carbocycles. The number of aliphatic hydroxyl groups excluding tert-OH is 6. The number of hydrogen-bond acceptors (Lipinski definition) is 10. The second kappa shape index (κ2) is 13.2. The van der Waals surface area contributed by atoms with Crippen LogP contribution in [0.1, 0.15) is 19.3 Å². The number of rotatable bonds is 7. The van der Waals surface area contributed by atoms with Crippen LogP contribution in [0.25, 0.3) is 0 Å². The van der Waals surface area contributed by atoms with Gasteiger partial charge in [-0.2, -0.15) is 0 Å². The first-order valence-electron chi connectivity index (χ1n) is 9.97. The van der Waals surface area contributed by atoms with E-state index in [0.29, 0.717) is 26.1 Å². The number of para-hydroxylation sites is 1. The van der Waals surface area contributed by atoms with Crippen LogP contribution in [0.15, 0.2) is 30.3 Å². The van der Waals surface area contributed by atoms with Crippen molar-refractivity contribution in [3.63, 3.8) is 0 Å². The maximum Gasteiger partial charge on any atom is 0.160 e. The Morgan fingerprint density at radius 3 is 2.27 bits per heavy atom. The van der Waals surface area contributed by atoms with E-state index in [9.17, 15) is 5.11 Å². The molecule has 0 bridgehead atoms. The van der Waals surface area contributed by atoms with Crippen molar-refractivity contribution < 1.29 is 49.6 Å². The minimum Gasteiger partial charge on any atom is -0.491 e. The Morgan fingerprint density at radius 2 is 1.60 bits per heavy atom. The molecule has 0 amide bonds. The highest BCUT2D eigenvalue weighted by Gasteiger charge is 2.35. The first kappa shape index (κ1) is 24.9. The Bertz CT molecular complexity index is 574. The van der Waals surface area contributed by atoms with Crippen molar-refractivity contribution in [1.82, 2.24) is 0 Å². The summed E-state index contributed by atoms with van der Waals surface area (Å²) in [6.45, 7) is 0.293. The second-order valence-corrected chi connectivity index (χ2v) is 7.13. The molecule has 0 aliphatic carbocycles. The Labute approximate surface area is 175 Å². The molecular weight excluding hydrogens is 400 g/mol. The van der Waals surface area contributed by atoms with Crippen LogP contribution in [0.2, 0.25) is 0 Å². The second-order valence-electron chi connectivity index (χ2n) is 7.13. The summed E-state index contributed by atoms with van der Waals surface area (Å²) in [6.07, 6.45) is -4.52. The lowest BCUT2D eigenvalue weighted by Crippen LogP contribution is -2.49. The van der Waals surface area contributed by atoms with Crippen molar-refractivity contribution in [1.29, 1.82) is 0 Å². The third-order valence-electron chi connectivity index (χ3n) is 4.68. The van der Waals surface area contributed by atoms with E-state index in [4.69, 9.17) is 44.5 Å². The van der Waals surface area contributed by atoms with Crippen molar-refractivity contribution in [3.8, 4) is 5.75 Å². The van der Waals surface area contributed by atoms with Crippen LogP contribution >= 0.6 is 0 Å². The molecule has 2 aliphatic heterocycles. The predicted molar refractivity (Wildman–Crippen MR) is 103 cm³/mol. The number of aliphatic hydroxyl groups is 6. The van der Waals surface area contributed by atoms with Gasteiger partial charge in [-0.05, 0) is 12.1 Å². The minimum absolute atomic E-state index is 0.0162. The van der Waals surface area contributed by atoms with Gasteiger partial charge in [0.1, 0.15) is 24.6 Å². The molecule has 0 unspecified atom stereocenters. The molecule has 1 aromatic carbocycles. The van der Waals surface area contributed by atoms with Gasteiger partial charge in [-0.1, -0.05) is 18.2 Å². The number of ether oxygens (including phenoxy) is 4. The zero-order valence-electron chi connectivity index (χ0n) is 16.7. The molecule has 0 aromatic heterocycles. The molecule has 2 saturated heterocycles. The van der Waals surface area contributed by atoms with Gasteiger partial charge in [-0.15, -0.1) is 0 Å². The fourth-order valence-corrected chi connectivity index (χ4v) is 3.11. The van der Waals surface area contributed by atoms with Crippen LogP contribution in [0, 0.1) is 0 Å². The minimum atomic E-state index is -1.11. The van der Waals surface area contributed by atoms with E-state index in [2.05, 4.69) is 0 Å². The average molecular weight is 432 g/mol. The van der Waals surface area contributed by atoms with Crippen molar-refractivity contribution in [2.45, 2.75) is 62.4 Å². The zero-order chi connectivity index (χ0) is 21.9. The lowest BCUT2D eigenvalue weighted by molar-refractivity contribution is -0.239. The summed E-state index contributed by atoms with van der Waals surface area (Å²) in [5.41, 5.74) is 0. The van der Waals surface area contributed by atoms with Crippen molar-refractivity contribution in [2.75, 3.05) is 26.4 Å². The Balaban J connectivity index is 0.000000248. The molecule has 2 heterocycles. The van der Waals surface area contributed by atoms with E-state index >= 15 is 0 Å². The van der Waals surface area contributed by atoms with E-state index in [0.717, 1.165) is 5.75 Å². The van der Waals surface area contributed by atoms with Gasteiger partial charge in [0.25, 0.3) is 0 Å². The lowest BCUT2D eigenvalue weighted by atomic mass is 10.0. The van der Waals surface area contributed by atoms with Gasteiger partial charge < -0.3 is 49.6 Å². The van der Waals surface area contributed by atoms with Crippen LogP contribution < -0.4 is 4.74 Å². The van der Waals surface area contributed by atoms with Crippen molar-refractivity contribution >= 4 is 0 Å². The largest absolute Gasteiger partial charge is 0.491 e. The summed E-state index contributed by atoms with van der Waals surface area (Å²) >= 11 is 0. The highest BCUT2D eigenvalue weighted by atomic mass is 16.7. The first-order valence-corrected chi connectivity index (χ1v) is 9.97. The molecule has 10 heteroatoms. The van der Waals surface area contributed by atoms with Gasteiger partial charge in [0, 0.05) is 19.3 Å². The summed E-state index contributed by atoms with van der Waals surface area (Å²) in [7, 11) is 0. The van der Waals surface area contributed by atoms with Crippen LogP contribution in [0.4, 0.5) is 0 Å². The van der Waals surface area contributed by atoms with Crippen LogP contribution in [-0.2, 0) is 14.2 Å². The SMILES string of the molecule is OC[C@@H]1C[C@H](O)C[C@H](OCCOc2ccccc2)O1.OC[C@H]1O[C@@H](O)C[C@@H](O)[C@H]1O. The van der Waals surface area contributed by atoms with Crippen LogP contribution in [-0.4, -0.2) is 100 Å². The molecule has 6 N–H and O–H groups in total. The molecular formula is C20H32O10. The predicted octanol–water partition coefficient (Wildman–Crippen LogP) is -1.25. The van der Waals surface area contributed by atoms with Gasteiger partial charge in [0.05, 0.1) is 38.1 Å². The lowest BCUT2D eigenvalue weighted by Gasteiger charge is -2.33. The van der Waals surface area contributed by atoms with Gasteiger partial charge in [0.15, 0.2) is 12.6 Å². The molecule has 7 atom stereocenters. The molecule has 30 heavy (non-hydrogen) atoms. The maximum absolute atomic E-state index is 9.61. The van der Waals surface area contributed by atoms with Gasteiger partial charge in [-0.3, -0.25) is 0 Å². The summed E-state index contributed by atoms with van der Waals surface area (Å²) in [5.74, 6) is 0.795. The fraction of sp³-hybridized carbons (Fsp3) is 0.700. The van der Waals surface area contributed by atoms with Gasteiger partial charge >= 0.3 is 0 Å². The fourth-order valence-electron chi connectivity index (χ4n) is 3.11. The molecule has 2 fully saturated rings. The van der Waals surface area contributed by atoms with Gasteiger partial charge in [0.2, 0.25) is 0 Å². The topological polar surface area (TPSA) is 158 Å². The Kier molecular flexibility index (Phi) is 10.9. The zero-order valence-corrected chi connectivity index (χ0v) is 16.7. The molecule has 1 aromatic rings. The summed E-state index contributed by atoms with van der Waals surface area (Å²) < 4.78 is 21.2.